The van der Waals surface area contributed by atoms with E-state index >= 15 is 0 Å². The van der Waals surface area contributed by atoms with Gasteiger partial charge in [-0.2, -0.15) is 0 Å². The van der Waals surface area contributed by atoms with Crippen molar-refractivity contribution in [3.8, 4) is 0 Å². The monoisotopic (exact) mass is 120 g/mol. The normalized spacial score (nSPS) is 6.14. The van der Waals surface area contributed by atoms with E-state index in [1.165, 1.54) is 18.2 Å². The molecule has 0 saturated carbocycles. The number of carbonyl (C=O) groups excluding carboxylic acids is 1. The molecule has 0 unspecified atom stereocenters. The lowest BCUT2D eigenvalue weighted by Crippen LogP contribution is -1.44. The minimum atomic E-state index is 0.792. The van der Waals surface area contributed by atoms with Crippen LogP contribution in [0.4, 0.5) is 0 Å². The van der Waals surface area contributed by atoms with E-state index in [1.54, 1.807) is 6.26 Å². The molecule has 0 N–H and O–H groups in total. The summed E-state index contributed by atoms with van der Waals surface area (Å²) in [7, 11) is 0. The Morgan fingerprint density at radius 2 is 1.71 bits per heavy atom. The third kappa shape index (κ3) is 93.5. The number of hydrogen-bond acceptors (Lipinski definition) is 2. The van der Waals surface area contributed by atoms with Crippen molar-refractivity contribution < 1.29 is 4.79 Å². The van der Waals surface area contributed by atoms with Crippen molar-refractivity contribution >= 4 is 17.4 Å². The van der Waals surface area contributed by atoms with Crippen molar-refractivity contribution in [2.24, 2.45) is 0 Å². The van der Waals surface area contributed by atoms with E-state index in [2.05, 4.69) is 13.8 Å². The highest BCUT2D eigenvalue weighted by molar-refractivity contribution is 8.11. The van der Waals surface area contributed by atoms with Crippen LogP contribution >= 0.6 is 11.8 Å². The van der Waals surface area contributed by atoms with Gasteiger partial charge in [-0.05, 0) is 6.26 Å². The third-order valence-corrected chi connectivity index (χ3v) is 0.289. The Morgan fingerprint density at radius 1 is 1.57 bits per heavy atom. The highest BCUT2D eigenvalue weighted by atomic mass is 32.2. The van der Waals surface area contributed by atoms with Gasteiger partial charge in [-0.15, -0.1) is 0 Å². The third-order valence-electron chi connectivity index (χ3n) is 0.0962. The SMILES string of the molecule is CCC.CSC=O. The molecule has 0 spiro atoms. The molecule has 0 atom stereocenters. The quantitative estimate of drug-likeness (QED) is 0.492. The van der Waals surface area contributed by atoms with Crippen molar-refractivity contribution in [1.82, 2.24) is 0 Å². The second-order valence-electron chi connectivity index (χ2n) is 1.04. The second-order valence-corrected chi connectivity index (χ2v) is 1.70. The topological polar surface area (TPSA) is 17.1 Å². The van der Waals surface area contributed by atoms with Gasteiger partial charge in [-0.25, -0.2) is 0 Å². The fraction of sp³-hybridized carbons (Fsp3) is 0.800. The summed E-state index contributed by atoms with van der Waals surface area (Å²) in [6, 6.07) is 0. The average molecular weight is 120 g/mol. The van der Waals surface area contributed by atoms with E-state index < -0.39 is 0 Å². The van der Waals surface area contributed by atoms with Gasteiger partial charge in [0.25, 0.3) is 0 Å². The van der Waals surface area contributed by atoms with E-state index in [9.17, 15) is 0 Å². The highest BCUT2D eigenvalue weighted by Gasteiger charge is 1.51. The molecular weight excluding hydrogens is 108 g/mol. The van der Waals surface area contributed by atoms with E-state index in [-0.39, 0.29) is 0 Å². The zero-order chi connectivity index (χ0) is 6.12. The van der Waals surface area contributed by atoms with Gasteiger partial charge in [0, 0.05) is 0 Å². The summed E-state index contributed by atoms with van der Waals surface area (Å²) in [6.45, 7) is 4.25. The van der Waals surface area contributed by atoms with Crippen molar-refractivity contribution in [1.29, 1.82) is 0 Å². The molecule has 0 aromatic heterocycles. The van der Waals surface area contributed by atoms with Crippen LogP contribution in [-0.4, -0.2) is 11.9 Å². The Balaban J connectivity index is 0. The smallest absolute Gasteiger partial charge is 0.175 e. The summed E-state index contributed by atoms with van der Waals surface area (Å²) in [5.41, 5.74) is 0.792. The first kappa shape index (κ1) is 10.1. The van der Waals surface area contributed by atoms with Gasteiger partial charge in [0.2, 0.25) is 0 Å². The Morgan fingerprint density at radius 3 is 1.71 bits per heavy atom. The first-order valence-corrected chi connectivity index (χ1v) is 3.58. The molecule has 0 aromatic rings. The molecule has 1 nitrogen and oxygen atoms in total. The first-order valence-electron chi connectivity index (χ1n) is 2.29. The number of rotatable bonds is 1. The van der Waals surface area contributed by atoms with Gasteiger partial charge in [-0.1, -0.05) is 32.0 Å². The van der Waals surface area contributed by atoms with Crippen molar-refractivity contribution in [2.45, 2.75) is 20.3 Å². The summed E-state index contributed by atoms with van der Waals surface area (Å²) in [5.74, 6) is 0. The van der Waals surface area contributed by atoms with Crippen molar-refractivity contribution in [3.05, 3.63) is 0 Å². The molecule has 0 aliphatic carbocycles. The van der Waals surface area contributed by atoms with Crippen molar-refractivity contribution in [2.75, 3.05) is 6.26 Å². The Hall–Kier alpha value is 0.0200. The van der Waals surface area contributed by atoms with E-state index in [0.29, 0.717) is 0 Å². The molecular formula is C5H12OS. The van der Waals surface area contributed by atoms with Crippen LogP contribution in [0.5, 0.6) is 0 Å². The summed E-state index contributed by atoms with van der Waals surface area (Å²) < 4.78 is 0. The number of thioether (sulfide) groups is 1. The molecule has 0 aliphatic rings. The van der Waals surface area contributed by atoms with Gasteiger partial charge in [0.15, 0.2) is 5.62 Å². The fourth-order valence-electron chi connectivity index (χ4n) is 0. The fourth-order valence-corrected chi connectivity index (χ4v) is 0. The Labute approximate surface area is 49.5 Å². The average Bonchev–Trinajstić information content (AvgIpc) is 1.69. The maximum Gasteiger partial charge on any atom is 0.175 e. The molecule has 0 saturated heterocycles. The molecule has 0 rings (SSSR count). The minimum absolute atomic E-state index is 0.792. The van der Waals surface area contributed by atoms with Gasteiger partial charge in [-0.3, -0.25) is 4.79 Å². The molecule has 2 heteroatoms. The number of hydrogen-bond donors (Lipinski definition) is 0. The van der Waals surface area contributed by atoms with Crippen LogP contribution in [0, 0.1) is 0 Å². The van der Waals surface area contributed by atoms with E-state index in [0.717, 1.165) is 5.62 Å². The Bertz CT molecular complexity index is 29.3. The predicted molar refractivity (Wildman–Crippen MR) is 36.2 cm³/mol. The second kappa shape index (κ2) is 16.6. The molecule has 44 valence electrons. The standard InChI is InChI=1S/C3H8.C2H4OS/c1-3-2;1-4-2-3/h3H2,1-2H3;2H,1H3. The lowest BCUT2D eigenvalue weighted by Gasteiger charge is -1.53. The predicted octanol–water partition coefficient (Wildman–Crippen LogP) is 1.96. The molecule has 0 heterocycles. The zero-order valence-electron chi connectivity index (χ0n) is 5.10. The lowest BCUT2D eigenvalue weighted by molar-refractivity contribution is 0.570. The van der Waals surface area contributed by atoms with Gasteiger partial charge < -0.3 is 0 Å². The largest absolute Gasteiger partial charge is 0.291 e. The van der Waals surface area contributed by atoms with Crippen LogP contribution < -0.4 is 0 Å². The van der Waals surface area contributed by atoms with Crippen LogP contribution in [0.2, 0.25) is 0 Å². The molecule has 7 heavy (non-hydrogen) atoms. The summed E-state index contributed by atoms with van der Waals surface area (Å²) in [6.07, 6.45) is 2.98. The Kier molecular flexibility index (Phi) is 24.0. The van der Waals surface area contributed by atoms with Crippen LogP contribution in [0.25, 0.3) is 0 Å². The molecule has 0 aromatic carbocycles. The first-order chi connectivity index (χ1) is 3.33. The molecule has 0 bridgehead atoms. The zero-order valence-corrected chi connectivity index (χ0v) is 5.92. The van der Waals surface area contributed by atoms with Crippen LogP contribution in [-0.2, 0) is 4.79 Å². The lowest BCUT2D eigenvalue weighted by atomic mass is 10.6. The summed E-state index contributed by atoms with van der Waals surface area (Å²) in [5, 5.41) is 0. The molecule has 0 radical (unpaired) electrons. The molecule has 0 fully saturated rings. The maximum atomic E-state index is 9.14. The van der Waals surface area contributed by atoms with Crippen LogP contribution in [0.3, 0.4) is 0 Å². The molecule has 0 aliphatic heterocycles. The van der Waals surface area contributed by atoms with E-state index in [4.69, 9.17) is 4.79 Å². The van der Waals surface area contributed by atoms with Gasteiger partial charge in [0.1, 0.15) is 0 Å². The maximum absolute atomic E-state index is 9.14. The van der Waals surface area contributed by atoms with Crippen molar-refractivity contribution in [3.63, 3.8) is 0 Å². The van der Waals surface area contributed by atoms with E-state index in [1.807, 2.05) is 0 Å². The molecule has 0 amide bonds. The van der Waals surface area contributed by atoms with Gasteiger partial charge in [0.05, 0.1) is 0 Å². The van der Waals surface area contributed by atoms with Gasteiger partial charge >= 0.3 is 0 Å². The highest BCUT2D eigenvalue weighted by Crippen LogP contribution is 1.74. The van der Waals surface area contributed by atoms with Crippen LogP contribution in [0.15, 0.2) is 0 Å². The summed E-state index contributed by atoms with van der Waals surface area (Å²) >= 11 is 1.18. The number of carbonyl (C=O) groups is 1. The van der Waals surface area contributed by atoms with Crippen LogP contribution in [0.1, 0.15) is 20.3 Å². The summed E-state index contributed by atoms with van der Waals surface area (Å²) in [4.78, 5) is 9.14. The minimum Gasteiger partial charge on any atom is -0.291 e.